The van der Waals surface area contributed by atoms with Gasteiger partial charge >= 0.3 is 6.03 Å². The van der Waals surface area contributed by atoms with Crippen LogP contribution in [-0.2, 0) is 4.79 Å². The van der Waals surface area contributed by atoms with Gasteiger partial charge in [-0.25, -0.2) is 4.79 Å². The average Bonchev–Trinajstić information content (AvgIpc) is 2.84. The number of nitrogens with zero attached hydrogens (tertiary/aromatic N) is 2. The zero-order chi connectivity index (χ0) is 16.6. The van der Waals surface area contributed by atoms with Crippen LogP contribution in [0.4, 0.5) is 10.5 Å². The van der Waals surface area contributed by atoms with Gasteiger partial charge in [0.1, 0.15) is 0 Å². The first-order valence-corrected chi connectivity index (χ1v) is 8.48. The predicted octanol–water partition coefficient (Wildman–Crippen LogP) is 3.47. The van der Waals surface area contributed by atoms with Crippen molar-refractivity contribution >= 4 is 40.8 Å². The van der Waals surface area contributed by atoms with Crippen LogP contribution in [0.5, 0.6) is 0 Å². The van der Waals surface area contributed by atoms with E-state index in [1.165, 1.54) is 0 Å². The number of benzene rings is 1. The van der Waals surface area contributed by atoms with E-state index < -0.39 is 0 Å². The third-order valence-electron chi connectivity index (χ3n) is 4.61. The summed E-state index contributed by atoms with van der Waals surface area (Å²) in [6.07, 6.45) is 1.97. The second-order valence-corrected chi connectivity index (χ2v) is 6.99. The Morgan fingerprint density at radius 2 is 1.96 bits per heavy atom. The molecule has 1 aromatic carbocycles. The highest BCUT2D eigenvalue weighted by atomic mass is 35.5. The normalized spacial score (nSPS) is 23.6. The quantitative estimate of drug-likeness (QED) is 0.838. The van der Waals surface area contributed by atoms with Crippen molar-refractivity contribution in [1.29, 1.82) is 0 Å². The van der Waals surface area contributed by atoms with Gasteiger partial charge in [-0.15, -0.1) is 0 Å². The molecular weight excluding hydrogens is 337 g/mol. The molecule has 3 amide bonds. The maximum absolute atomic E-state index is 12.7. The van der Waals surface area contributed by atoms with Crippen molar-refractivity contribution < 1.29 is 9.59 Å². The van der Waals surface area contributed by atoms with E-state index in [0.29, 0.717) is 34.7 Å². The molecule has 23 heavy (non-hydrogen) atoms. The number of nitrogens with one attached hydrogen (secondary N) is 1. The smallest absolute Gasteiger partial charge is 0.322 e. The first kappa shape index (κ1) is 16.4. The van der Waals surface area contributed by atoms with Crippen molar-refractivity contribution in [2.24, 2.45) is 5.92 Å². The molecule has 1 aromatic rings. The molecule has 0 aliphatic carbocycles. The van der Waals surface area contributed by atoms with E-state index in [2.05, 4.69) is 5.32 Å². The van der Waals surface area contributed by atoms with E-state index in [1.54, 1.807) is 25.1 Å². The first-order valence-electron chi connectivity index (χ1n) is 7.73. The molecule has 2 atom stereocenters. The summed E-state index contributed by atoms with van der Waals surface area (Å²) in [6, 6.07) is 5.02. The highest BCUT2D eigenvalue weighted by Crippen LogP contribution is 2.32. The standard InChI is InChI=1S/C16H19Cl2N3O2/c1-10(22)20-7-11-5-6-12(9-20)21(8-11)16(23)19-14-4-2-3-13(17)15(14)18/h2-4,11-12H,5-9H2,1H3,(H,19,23)/t11-,12+/m0/s1. The van der Waals surface area contributed by atoms with Gasteiger partial charge in [-0.3, -0.25) is 4.79 Å². The third kappa shape index (κ3) is 3.40. The van der Waals surface area contributed by atoms with Crippen LogP contribution in [0.1, 0.15) is 19.8 Å². The number of carbonyl (C=O) groups is 2. The van der Waals surface area contributed by atoms with Crippen molar-refractivity contribution in [2.75, 3.05) is 25.0 Å². The Bertz CT molecular complexity index is 638. The molecule has 3 aliphatic rings. The lowest BCUT2D eigenvalue weighted by atomic mass is 9.95. The molecule has 1 N–H and O–H groups in total. The minimum atomic E-state index is -0.186. The van der Waals surface area contributed by atoms with Gasteiger partial charge in [-0.1, -0.05) is 29.3 Å². The van der Waals surface area contributed by atoms with Gasteiger partial charge < -0.3 is 15.1 Å². The molecule has 3 aliphatic heterocycles. The molecule has 2 bridgehead atoms. The van der Waals surface area contributed by atoms with Crippen molar-refractivity contribution in [3.63, 3.8) is 0 Å². The zero-order valence-corrected chi connectivity index (χ0v) is 14.4. The van der Waals surface area contributed by atoms with E-state index in [0.717, 1.165) is 19.4 Å². The van der Waals surface area contributed by atoms with Crippen LogP contribution < -0.4 is 5.32 Å². The fourth-order valence-corrected chi connectivity index (χ4v) is 3.72. The number of fused-ring (bicyclic) bond motifs is 4. The van der Waals surface area contributed by atoms with Crippen molar-refractivity contribution in [3.05, 3.63) is 28.2 Å². The topological polar surface area (TPSA) is 52.7 Å². The van der Waals surface area contributed by atoms with Crippen LogP contribution in [0.25, 0.3) is 0 Å². The largest absolute Gasteiger partial charge is 0.341 e. The summed E-state index contributed by atoms with van der Waals surface area (Å²) in [4.78, 5) is 28.0. The number of piperidine rings is 1. The number of rotatable bonds is 1. The molecule has 7 heteroatoms. The van der Waals surface area contributed by atoms with Gasteiger partial charge in [0.25, 0.3) is 0 Å². The van der Waals surface area contributed by atoms with Crippen molar-refractivity contribution in [1.82, 2.24) is 9.80 Å². The van der Waals surface area contributed by atoms with Crippen molar-refractivity contribution in [3.8, 4) is 0 Å². The third-order valence-corrected chi connectivity index (χ3v) is 5.43. The van der Waals surface area contributed by atoms with E-state index >= 15 is 0 Å². The minimum absolute atomic E-state index is 0.0515. The highest BCUT2D eigenvalue weighted by molar-refractivity contribution is 6.43. The Morgan fingerprint density at radius 1 is 1.17 bits per heavy atom. The number of amides is 3. The molecule has 3 heterocycles. The number of hydrogen-bond donors (Lipinski definition) is 1. The summed E-state index contributed by atoms with van der Waals surface area (Å²) in [7, 11) is 0. The van der Waals surface area contributed by atoms with Gasteiger partial charge in [0.05, 0.1) is 21.8 Å². The molecule has 4 rings (SSSR count). The van der Waals surface area contributed by atoms with Gasteiger partial charge in [0, 0.05) is 26.6 Å². The predicted molar refractivity (Wildman–Crippen MR) is 91.0 cm³/mol. The first-order chi connectivity index (χ1) is 11.0. The second kappa shape index (κ2) is 6.57. The Labute approximate surface area is 145 Å². The number of carbonyl (C=O) groups excluding carboxylic acids is 2. The average molecular weight is 356 g/mol. The van der Waals surface area contributed by atoms with Crippen LogP contribution in [0.3, 0.4) is 0 Å². The number of hydrogen-bond acceptors (Lipinski definition) is 2. The Balaban J connectivity index is 1.75. The molecule has 124 valence electrons. The van der Waals surface area contributed by atoms with Crippen LogP contribution in [-0.4, -0.2) is 47.4 Å². The summed E-state index contributed by atoms with van der Waals surface area (Å²) in [5, 5.41) is 3.59. The van der Waals surface area contributed by atoms with Crippen molar-refractivity contribution in [2.45, 2.75) is 25.8 Å². The van der Waals surface area contributed by atoms with Gasteiger partial charge in [-0.2, -0.15) is 0 Å². The van der Waals surface area contributed by atoms with E-state index in [4.69, 9.17) is 23.2 Å². The second-order valence-electron chi connectivity index (χ2n) is 6.21. The van der Waals surface area contributed by atoms with E-state index in [9.17, 15) is 9.59 Å². The molecule has 5 nitrogen and oxygen atoms in total. The molecule has 3 saturated heterocycles. The molecule has 0 spiro atoms. The Kier molecular flexibility index (Phi) is 4.69. The molecule has 0 radical (unpaired) electrons. The van der Waals surface area contributed by atoms with Gasteiger partial charge in [0.2, 0.25) is 5.91 Å². The molecule has 0 aromatic heterocycles. The van der Waals surface area contributed by atoms with Gasteiger partial charge in [0.15, 0.2) is 0 Å². The highest BCUT2D eigenvalue weighted by Gasteiger charge is 2.38. The summed E-state index contributed by atoms with van der Waals surface area (Å²) in [5.74, 6) is 0.403. The fraction of sp³-hybridized carbons (Fsp3) is 0.500. The fourth-order valence-electron chi connectivity index (χ4n) is 3.38. The minimum Gasteiger partial charge on any atom is -0.341 e. The van der Waals surface area contributed by atoms with Crippen LogP contribution in [0.2, 0.25) is 10.0 Å². The molecular formula is C16H19Cl2N3O2. The van der Waals surface area contributed by atoms with E-state index in [1.807, 2.05) is 9.80 Å². The summed E-state index contributed by atoms with van der Waals surface area (Å²) in [5.41, 5.74) is 0.507. The van der Waals surface area contributed by atoms with Gasteiger partial charge in [-0.05, 0) is 30.9 Å². The van der Waals surface area contributed by atoms with Crippen LogP contribution >= 0.6 is 23.2 Å². The molecule has 0 unspecified atom stereocenters. The number of halogens is 2. The maximum atomic E-state index is 12.7. The lowest BCUT2D eigenvalue weighted by Crippen LogP contribution is -2.49. The van der Waals surface area contributed by atoms with E-state index in [-0.39, 0.29) is 18.0 Å². The summed E-state index contributed by atoms with van der Waals surface area (Å²) in [6.45, 7) is 3.58. The number of urea groups is 1. The zero-order valence-electron chi connectivity index (χ0n) is 12.9. The lowest BCUT2D eigenvalue weighted by Gasteiger charge is -2.36. The lowest BCUT2D eigenvalue weighted by molar-refractivity contribution is -0.129. The SMILES string of the molecule is CC(=O)N1C[C@@H]2CC[C@H](C1)N(C(=O)Nc1cccc(Cl)c1Cl)C2. The molecule has 3 fully saturated rings. The van der Waals surface area contributed by atoms with Crippen LogP contribution in [0.15, 0.2) is 18.2 Å². The number of anilines is 1. The Hall–Kier alpha value is -1.46. The Morgan fingerprint density at radius 3 is 2.70 bits per heavy atom. The van der Waals surface area contributed by atoms with Crippen LogP contribution in [0, 0.1) is 5.92 Å². The monoisotopic (exact) mass is 355 g/mol. The maximum Gasteiger partial charge on any atom is 0.322 e. The summed E-state index contributed by atoms with van der Waals surface area (Å²) < 4.78 is 0. The summed E-state index contributed by atoms with van der Waals surface area (Å²) >= 11 is 12.1. The molecule has 0 saturated carbocycles.